The number of aliphatic imine (C=N–C) groups is 2. The Kier molecular flexibility index (Phi) is 6.58. The number of hydrogen-bond acceptors (Lipinski definition) is 4. The van der Waals surface area contributed by atoms with Gasteiger partial charge in [-0.2, -0.15) is 0 Å². The van der Waals surface area contributed by atoms with Crippen molar-refractivity contribution >= 4 is 76.7 Å². The summed E-state index contributed by atoms with van der Waals surface area (Å²) in [4.78, 5) is 10.8. The second-order valence-corrected chi connectivity index (χ2v) is 13.7. The molecule has 4 heteroatoms. The normalized spacial score (nSPS) is 14.6. The Morgan fingerprint density at radius 2 is 1.06 bits per heavy atom. The smallest absolute Gasteiger partial charge is 0.170 e. The van der Waals surface area contributed by atoms with Crippen LogP contribution in [-0.2, 0) is 0 Å². The molecule has 1 aromatic heterocycles. The number of amidine groups is 2. The fraction of sp³-hybridized carbons (Fsp3) is 0.0204. The van der Waals surface area contributed by atoms with Crippen molar-refractivity contribution < 1.29 is 4.42 Å². The van der Waals surface area contributed by atoms with Crippen LogP contribution in [-0.4, -0.2) is 11.7 Å². The lowest BCUT2D eigenvalue weighted by molar-refractivity contribution is 0.668. The molecule has 53 heavy (non-hydrogen) atoms. The minimum absolute atomic E-state index is 0.524. The molecule has 11 rings (SSSR count). The van der Waals surface area contributed by atoms with Crippen molar-refractivity contribution in [3.8, 4) is 11.1 Å². The second kappa shape index (κ2) is 11.8. The van der Waals surface area contributed by atoms with Gasteiger partial charge < -0.3 is 9.73 Å². The molecule has 1 unspecified atom stereocenters. The van der Waals surface area contributed by atoms with Gasteiger partial charge in [0.15, 0.2) is 6.17 Å². The van der Waals surface area contributed by atoms with Crippen LogP contribution in [0.3, 0.4) is 0 Å². The lowest BCUT2D eigenvalue weighted by Crippen LogP contribution is -2.36. The van der Waals surface area contributed by atoms with E-state index in [1.807, 2.05) is 0 Å². The monoisotopic (exact) mass is 677 g/mol. The summed E-state index contributed by atoms with van der Waals surface area (Å²) in [5, 5.41) is 15.3. The molecule has 4 nitrogen and oxygen atoms in total. The molecule has 0 bridgehead atoms. The number of hydrogen-bond donors (Lipinski definition) is 1. The highest BCUT2D eigenvalue weighted by Crippen LogP contribution is 2.42. The molecule has 10 aromatic rings. The van der Waals surface area contributed by atoms with Crippen LogP contribution in [0.15, 0.2) is 190 Å². The molecule has 1 aliphatic heterocycles. The summed E-state index contributed by atoms with van der Waals surface area (Å²) in [5.74, 6) is 1.57. The van der Waals surface area contributed by atoms with E-state index in [2.05, 4.69) is 181 Å². The van der Waals surface area contributed by atoms with Gasteiger partial charge in [0, 0.05) is 33.0 Å². The van der Waals surface area contributed by atoms with E-state index in [0.29, 0.717) is 0 Å². The predicted molar refractivity (Wildman–Crippen MR) is 221 cm³/mol. The fourth-order valence-electron chi connectivity index (χ4n) is 8.22. The molecule has 2 heterocycles. The van der Waals surface area contributed by atoms with Gasteiger partial charge in [-0.25, -0.2) is 9.98 Å². The van der Waals surface area contributed by atoms with Gasteiger partial charge in [0.25, 0.3) is 0 Å². The van der Waals surface area contributed by atoms with Gasteiger partial charge in [-0.05, 0) is 66.9 Å². The molecule has 0 fully saturated rings. The van der Waals surface area contributed by atoms with E-state index < -0.39 is 6.17 Å². The third kappa shape index (κ3) is 4.77. The maximum atomic E-state index is 6.78. The zero-order chi connectivity index (χ0) is 34.9. The van der Waals surface area contributed by atoms with E-state index in [4.69, 9.17) is 14.4 Å². The average Bonchev–Trinajstić information content (AvgIpc) is 3.62. The summed E-state index contributed by atoms with van der Waals surface area (Å²) in [7, 11) is 0. The molecule has 0 saturated carbocycles. The Hall–Kier alpha value is -7.04. The van der Waals surface area contributed by atoms with Crippen LogP contribution >= 0.6 is 0 Å². The highest BCUT2D eigenvalue weighted by Gasteiger charge is 2.26. The SMILES string of the molecule is c1ccc2cc(C3=NC(c4cccc5oc6c(-c7cccc8ccccc78)cccc6c45)N=C(c4cc5ccccc5c5ccccc45)N3)ccc2c1. The minimum Gasteiger partial charge on any atom is -0.455 e. The average molecular weight is 678 g/mol. The van der Waals surface area contributed by atoms with Crippen molar-refractivity contribution in [1.29, 1.82) is 0 Å². The number of nitrogens with zero attached hydrogens (tertiary/aromatic N) is 2. The summed E-state index contributed by atoms with van der Waals surface area (Å²) in [5.41, 5.74) is 6.95. The number of furan rings is 1. The third-order valence-electron chi connectivity index (χ3n) is 10.7. The predicted octanol–water partition coefficient (Wildman–Crippen LogP) is 12.4. The Labute approximate surface area is 305 Å². The number of rotatable bonds is 4. The van der Waals surface area contributed by atoms with Crippen molar-refractivity contribution in [2.24, 2.45) is 9.98 Å². The van der Waals surface area contributed by atoms with Gasteiger partial charge in [-0.1, -0.05) is 158 Å². The Morgan fingerprint density at radius 3 is 1.94 bits per heavy atom. The maximum Gasteiger partial charge on any atom is 0.170 e. The van der Waals surface area contributed by atoms with Crippen molar-refractivity contribution in [2.45, 2.75) is 6.17 Å². The van der Waals surface area contributed by atoms with E-state index in [0.717, 1.165) is 72.2 Å². The van der Waals surface area contributed by atoms with Gasteiger partial charge in [0.2, 0.25) is 0 Å². The quantitative estimate of drug-likeness (QED) is 0.189. The first-order chi connectivity index (χ1) is 26.3. The van der Waals surface area contributed by atoms with Crippen LogP contribution in [0.5, 0.6) is 0 Å². The van der Waals surface area contributed by atoms with E-state index >= 15 is 0 Å². The molecular formula is C49H31N3O. The Bertz CT molecular complexity index is 3160. The van der Waals surface area contributed by atoms with E-state index in [-0.39, 0.29) is 0 Å². The molecule has 0 spiro atoms. The summed E-state index contributed by atoms with van der Waals surface area (Å²) in [6.07, 6.45) is -0.524. The number of benzene rings is 9. The second-order valence-electron chi connectivity index (χ2n) is 13.7. The topological polar surface area (TPSA) is 49.9 Å². The van der Waals surface area contributed by atoms with Crippen LogP contribution in [0.1, 0.15) is 22.9 Å². The van der Waals surface area contributed by atoms with Crippen LogP contribution < -0.4 is 5.32 Å². The van der Waals surface area contributed by atoms with Gasteiger partial charge in [-0.15, -0.1) is 0 Å². The first-order valence-corrected chi connectivity index (χ1v) is 18.0. The van der Waals surface area contributed by atoms with E-state index in [9.17, 15) is 0 Å². The third-order valence-corrected chi connectivity index (χ3v) is 10.7. The maximum absolute atomic E-state index is 6.78. The van der Waals surface area contributed by atoms with Gasteiger partial charge in [0.1, 0.15) is 22.8 Å². The number of para-hydroxylation sites is 1. The zero-order valence-corrected chi connectivity index (χ0v) is 28.6. The van der Waals surface area contributed by atoms with E-state index in [1.165, 1.54) is 32.3 Å². The first kappa shape index (κ1) is 29.7. The first-order valence-electron chi connectivity index (χ1n) is 18.0. The van der Waals surface area contributed by atoms with Crippen molar-refractivity contribution in [3.63, 3.8) is 0 Å². The van der Waals surface area contributed by atoms with Crippen molar-refractivity contribution in [2.75, 3.05) is 0 Å². The molecular weight excluding hydrogens is 647 g/mol. The molecule has 0 aliphatic carbocycles. The van der Waals surface area contributed by atoms with Crippen LogP contribution in [0.4, 0.5) is 0 Å². The molecule has 9 aromatic carbocycles. The highest BCUT2D eigenvalue weighted by atomic mass is 16.3. The standard InChI is InChI=1S/C49H31N3O/c1-2-14-32-28-34(27-26-30(32)12-1)47-50-48(52-49(51-47)43-29-33-15-4-6-18-36(33)37-19-7-8-20-39(37)43)42-24-11-25-44-45(42)41-23-10-22-40(46(41)53-44)38-21-9-16-31-13-3-5-17-35(31)38/h1-29,48H,(H,50,51,52). The van der Waals surface area contributed by atoms with E-state index in [1.54, 1.807) is 0 Å². The molecule has 1 atom stereocenters. The van der Waals surface area contributed by atoms with Crippen LogP contribution in [0.25, 0.3) is 76.2 Å². The summed E-state index contributed by atoms with van der Waals surface area (Å²) in [6, 6.07) is 62.1. The summed E-state index contributed by atoms with van der Waals surface area (Å²) < 4.78 is 6.78. The molecule has 0 amide bonds. The Balaban J connectivity index is 1.15. The molecule has 0 saturated heterocycles. The lowest BCUT2D eigenvalue weighted by atomic mass is 9.95. The molecule has 1 aliphatic rings. The van der Waals surface area contributed by atoms with Crippen molar-refractivity contribution in [3.05, 3.63) is 193 Å². The minimum atomic E-state index is -0.524. The zero-order valence-electron chi connectivity index (χ0n) is 28.6. The van der Waals surface area contributed by atoms with Crippen LogP contribution in [0, 0.1) is 0 Å². The molecule has 0 radical (unpaired) electrons. The van der Waals surface area contributed by atoms with Crippen LogP contribution in [0.2, 0.25) is 0 Å². The Morgan fingerprint density at radius 1 is 0.415 bits per heavy atom. The lowest BCUT2D eigenvalue weighted by Gasteiger charge is -2.24. The summed E-state index contributed by atoms with van der Waals surface area (Å²) >= 11 is 0. The number of fused-ring (bicyclic) bond motifs is 8. The largest absolute Gasteiger partial charge is 0.455 e. The highest BCUT2D eigenvalue weighted by molar-refractivity contribution is 6.24. The van der Waals surface area contributed by atoms with Gasteiger partial charge >= 0.3 is 0 Å². The molecule has 248 valence electrons. The van der Waals surface area contributed by atoms with Crippen molar-refractivity contribution in [1.82, 2.24) is 5.32 Å². The molecule has 1 N–H and O–H groups in total. The van der Waals surface area contributed by atoms with Gasteiger partial charge in [-0.3, -0.25) is 0 Å². The summed E-state index contributed by atoms with van der Waals surface area (Å²) in [6.45, 7) is 0. The van der Waals surface area contributed by atoms with Gasteiger partial charge in [0.05, 0.1) is 0 Å². The number of nitrogens with one attached hydrogen (secondary N) is 1. The fourth-order valence-corrected chi connectivity index (χ4v) is 8.22.